The number of hydrogen-bond acceptors (Lipinski definition) is 4. The van der Waals surface area contributed by atoms with Gasteiger partial charge in [0, 0.05) is 23.4 Å². The van der Waals surface area contributed by atoms with Crippen molar-refractivity contribution in [3.63, 3.8) is 0 Å². The summed E-state index contributed by atoms with van der Waals surface area (Å²) < 4.78 is 31.6. The van der Waals surface area contributed by atoms with E-state index in [2.05, 4.69) is 10.0 Å². The van der Waals surface area contributed by atoms with E-state index < -0.39 is 10.0 Å². The van der Waals surface area contributed by atoms with E-state index in [4.69, 9.17) is 16.3 Å². The minimum absolute atomic E-state index is 0.0163. The molecule has 27 heavy (non-hydrogen) atoms. The number of carbonyl (C=O) groups excluding carboxylic acids is 1. The molecule has 0 aromatic heterocycles. The van der Waals surface area contributed by atoms with Crippen molar-refractivity contribution in [1.82, 2.24) is 10.0 Å². The normalized spacial score (nSPS) is 11.4. The Balaban J connectivity index is 1.63. The van der Waals surface area contributed by atoms with Crippen LogP contribution < -0.4 is 14.8 Å². The monoisotopic (exact) mass is 408 g/mol. The maximum atomic E-state index is 11.9. The van der Waals surface area contributed by atoms with E-state index in [0.717, 1.165) is 11.0 Å². The quantitative estimate of drug-likeness (QED) is 0.592. The Hall–Kier alpha value is -2.35. The summed E-state index contributed by atoms with van der Waals surface area (Å²) in [5.41, 5.74) is 0.778. The summed E-state index contributed by atoms with van der Waals surface area (Å²) in [4.78, 5) is 11.7. The van der Waals surface area contributed by atoms with Crippen LogP contribution in [0.1, 0.15) is 12.0 Å². The van der Waals surface area contributed by atoms with Gasteiger partial charge >= 0.3 is 0 Å². The number of benzene rings is 2. The zero-order valence-electron chi connectivity index (χ0n) is 14.6. The van der Waals surface area contributed by atoms with Gasteiger partial charge in [0.2, 0.25) is 15.9 Å². The summed E-state index contributed by atoms with van der Waals surface area (Å²) in [6.07, 6.45) is 1.53. The van der Waals surface area contributed by atoms with Crippen LogP contribution in [-0.2, 0) is 14.8 Å². The fraction of sp³-hybridized carbons (Fsp3) is 0.211. The second kappa shape index (κ2) is 10.7. The molecule has 6 nitrogen and oxygen atoms in total. The van der Waals surface area contributed by atoms with Crippen molar-refractivity contribution in [2.75, 3.05) is 19.7 Å². The predicted molar refractivity (Wildman–Crippen MR) is 107 cm³/mol. The van der Waals surface area contributed by atoms with Crippen molar-refractivity contribution < 1.29 is 17.9 Å². The Labute approximate surface area is 164 Å². The maximum Gasteiger partial charge on any atom is 0.233 e. The molecule has 0 fully saturated rings. The van der Waals surface area contributed by atoms with Crippen molar-refractivity contribution >= 4 is 33.6 Å². The lowest BCUT2D eigenvalue weighted by molar-refractivity contribution is -0.121. The topological polar surface area (TPSA) is 84.5 Å². The van der Waals surface area contributed by atoms with Crippen molar-refractivity contribution in [3.8, 4) is 5.75 Å². The highest BCUT2D eigenvalue weighted by atomic mass is 35.5. The van der Waals surface area contributed by atoms with Gasteiger partial charge in [-0.05, 0) is 29.8 Å². The minimum atomic E-state index is -3.59. The first kappa shape index (κ1) is 21.0. The van der Waals surface area contributed by atoms with E-state index in [1.165, 1.54) is 6.08 Å². The average Bonchev–Trinajstić information content (AvgIpc) is 2.64. The fourth-order valence-electron chi connectivity index (χ4n) is 2.09. The van der Waals surface area contributed by atoms with Gasteiger partial charge in [0.15, 0.2) is 0 Å². The number of sulfonamides is 1. The van der Waals surface area contributed by atoms with Gasteiger partial charge in [-0.3, -0.25) is 4.79 Å². The first-order chi connectivity index (χ1) is 12.9. The minimum Gasteiger partial charge on any atom is -0.492 e. The molecule has 0 bridgehead atoms. The molecule has 0 saturated heterocycles. The molecule has 0 aliphatic heterocycles. The van der Waals surface area contributed by atoms with E-state index in [1.807, 2.05) is 18.2 Å². The Morgan fingerprint density at radius 3 is 2.59 bits per heavy atom. The SMILES string of the molecule is O=C(CCNS(=O)(=O)/C=C/c1ccccc1)NCCOc1cccc(Cl)c1. The first-order valence-electron chi connectivity index (χ1n) is 8.32. The third-order valence-electron chi connectivity index (χ3n) is 3.38. The first-order valence-corrected chi connectivity index (χ1v) is 10.2. The Morgan fingerprint density at radius 1 is 1.07 bits per heavy atom. The Bertz CT molecular complexity index is 870. The third kappa shape index (κ3) is 8.72. The van der Waals surface area contributed by atoms with Crippen molar-refractivity contribution in [3.05, 3.63) is 70.6 Å². The standard InChI is InChI=1S/C19H21ClN2O4S/c20-17-7-4-8-18(15-17)26-13-12-21-19(23)9-11-22-27(24,25)14-10-16-5-2-1-3-6-16/h1-8,10,14-15,22H,9,11-13H2,(H,21,23)/b14-10+. The van der Waals surface area contributed by atoms with Crippen LogP contribution in [0.4, 0.5) is 0 Å². The molecule has 2 aromatic rings. The molecule has 0 spiro atoms. The summed E-state index contributed by atoms with van der Waals surface area (Å²) in [5.74, 6) is 0.356. The molecule has 0 radical (unpaired) electrons. The molecule has 2 rings (SSSR count). The lowest BCUT2D eigenvalue weighted by Gasteiger charge is -2.08. The lowest BCUT2D eigenvalue weighted by Crippen LogP contribution is -2.32. The van der Waals surface area contributed by atoms with Crippen LogP contribution in [0.5, 0.6) is 5.75 Å². The lowest BCUT2D eigenvalue weighted by atomic mass is 10.2. The molecular weight excluding hydrogens is 388 g/mol. The van der Waals surface area contributed by atoms with E-state index in [-0.39, 0.29) is 25.5 Å². The van der Waals surface area contributed by atoms with E-state index in [1.54, 1.807) is 36.4 Å². The summed E-state index contributed by atoms with van der Waals surface area (Å²) in [5, 5.41) is 4.32. The summed E-state index contributed by atoms with van der Waals surface area (Å²) in [7, 11) is -3.59. The number of rotatable bonds is 10. The van der Waals surface area contributed by atoms with Gasteiger partial charge in [-0.2, -0.15) is 0 Å². The number of hydrogen-bond donors (Lipinski definition) is 2. The molecule has 0 unspecified atom stereocenters. The predicted octanol–water partition coefficient (Wildman–Crippen LogP) is 2.82. The van der Waals surface area contributed by atoms with Gasteiger partial charge in [0.05, 0.1) is 6.54 Å². The van der Waals surface area contributed by atoms with Gasteiger partial charge < -0.3 is 10.1 Å². The molecule has 144 valence electrons. The second-order valence-corrected chi connectivity index (χ2v) is 7.65. The Kier molecular flexibility index (Phi) is 8.32. The summed E-state index contributed by atoms with van der Waals surface area (Å²) in [6, 6.07) is 16.0. The summed E-state index contributed by atoms with van der Waals surface area (Å²) >= 11 is 5.85. The largest absolute Gasteiger partial charge is 0.492 e. The third-order valence-corrected chi connectivity index (χ3v) is 4.72. The Morgan fingerprint density at radius 2 is 1.85 bits per heavy atom. The number of halogens is 1. The van der Waals surface area contributed by atoms with Crippen molar-refractivity contribution in [1.29, 1.82) is 0 Å². The van der Waals surface area contributed by atoms with E-state index in [0.29, 0.717) is 17.3 Å². The van der Waals surface area contributed by atoms with Crippen LogP contribution >= 0.6 is 11.6 Å². The van der Waals surface area contributed by atoms with Crippen LogP contribution in [0.25, 0.3) is 6.08 Å². The molecule has 0 atom stereocenters. The number of nitrogens with one attached hydrogen (secondary N) is 2. The van der Waals surface area contributed by atoms with Gasteiger partial charge in [-0.15, -0.1) is 0 Å². The van der Waals surface area contributed by atoms with E-state index in [9.17, 15) is 13.2 Å². The van der Waals surface area contributed by atoms with Crippen LogP contribution in [0.3, 0.4) is 0 Å². The smallest absolute Gasteiger partial charge is 0.233 e. The van der Waals surface area contributed by atoms with Crippen LogP contribution in [-0.4, -0.2) is 34.0 Å². The number of carbonyl (C=O) groups is 1. The van der Waals surface area contributed by atoms with Crippen LogP contribution in [0, 0.1) is 0 Å². The number of ether oxygens (including phenoxy) is 1. The van der Waals surface area contributed by atoms with Gasteiger partial charge in [0.1, 0.15) is 12.4 Å². The van der Waals surface area contributed by atoms with Crippen LogP contribution in [0.15, 0.2) is 60.0 Å². The molecule has 0 aliphatic carbocycles. The van der Waals surface area contributed by atoms with Gasteiger partial charge in [-0.25, -0.2) is 13.1 Å². The highest BCUT2D eigenvalue weighted by Crippen LogP contribution is 2.16. The zero-order chi connectivity index (χ0) is 19.5. The van der Waals surface area contributed by atoms with Crippen LogP contribution in [0.2, 0.25) is 5.02 Å². The number of amides is 1. The zero-order valence-corrected chi connectivity index (χ0v) is 16.2. The molecular formula is C19H21ClN2O4S. The maximum absolute atomic E-state index is 11.9. The molecule has 0 heterocycles. The highest BCUT2D eigenvalue weighted by molar-refractivity contribution is 7.92. The molecule has 0 saturated carbocycles. The molecule has 1 amide bonds. The molecule has 0 aliphatic rings. The van der Waals surface area contributed by atoms with Gasteiger partial charge in [0.25, 0.3) is 0 Å². The highest BCUT2D eigenvalue weighted by Gasteiger charge is 2.07. The van der Waals surface area contributed by atoms with Crippen molar-refractivity contribution in [2.24, 2.45) is 0 Å². The summed E-state index contributed by atoms with van der Waals surface area (Å²) in [6.45, 7) is 0.617. The van der Waals surface area contributed by atoms with E-state index >= 15 is 0 Å². The fourth-order valence-corrected chi connectivity index (χ4v) is 3.09. The molecule has 2 aromatic carbocycles. The van der Waals surface area contributed by atoms with Crippen molar-refractivity contribution in [2.45, 2.75) is 6.42 Å². The second-order valence-electron chi connectivity index (χ2n) is 5.56. The average molecular weight is 409 g/mol. The van der Waals surface area contributed by atoms with Gasteiger partial charge in [-0.1, -0.05) is 48.0 Å². The molecule has 2 N–H and O–H groups in total. The molecule has 8 heteroatoms.